The first kappa shape index (κ1) is 15.5. The van der Waals surface area contributed by atoms with Crippen LogP contribution in [0.15, 0.2) is 53.0 Å². The third kappa shape index (κ3) is 3.34. The molecule has 0 amide bonds. The van der Waals surface area contributed by atoms with Gasteiger partial charge in [0.2, 0.25) is 0 Å². The van der Waals surface area contributed by atoms with Crippen LogP contribution in [-0.4, -0.2) is 25.5 Å². The number of hydrogen-bond acceptors (Lipinski definition) is 1. The Morgan fingerprint density at radius 2 is 1.73 bits per heavy atom. The molecule has 2 aromatic rings. The number of halogens is 1. The number of nitrogens with zero attached hydrogens (tertiary/aromatic N) is 1. The Bertz CT molecular complexity index is 701. The maximum Gasteiger partial charge on any atom is 0.0181 e. The Kier molecular flexibility index (Phi) is 4.80. The fourth-order valence-corrected chi connectivity index (χ4v) is 3.48. The molecule has 2 heteroatoms. The van der Waals surface area contributed by atoms with Gasteiger partial charge in [0.1, 0.15) is 0 Å². The lowest BCUT2D eigenvalue weighted by Gasteiger charge is -2.14. The smallest absolute Gasteiger partial charge is 0.0181 e. The minimum absolute atomic E-state index is 1.07. The fourth-order valence-electron chi connectivity index (χ4n) is 3.12. The van der Waals surface area contributed by atoms with Crippen molar-refractivity contribution in [2.24, 2.45) is 0 Å². The number of fused-ring (bicyclic) bond motifs is 2. The number of benzene rings is 2. The zero-order valence-electron chi connectivity index (χ0n) is 13.3. The second-order valence-corrected chi connectivity index (χ2v) is 7.08. The predicted molar refractivity (Wildman–Crippen MR) is 98.2 cm³/mol. The Balaban J connectivity index is 2.10. The highest BCUT2D eigenvalue weighted by Crippen LogP contribution is 2.35. The van der Waals surface area contributed by atoms with E-state index in [0.29, 0.717) is 0 Å². The van der Waals surface area contributed by atoms with Gasteiger partial charge in [-0.2, -0.15) is 0 Å². The zero-order valence-corrected chi connectivity index (χ0v) is 14.9. The number of hydrogen-bond donors (Lipinski definition) is 0. The molecule has 0 bridgehead atoms. The highest BCUT2D eigenvalue weighted by Gasteiger charge is 2.17. The molecule has 0 aromatic heterocycles. The maximum atomic E-state index is 3.64. The minimum atomic E-state index is 1.07. The lowest BCUT2D eigenvalue weighted by molar-refractivity contribution is 0.417. The molecule has 1 aliphatic carbocycles. The molecule has 22 heavy (non-hydrogen) atoms. The molecule has 0 fully saturated rings. The molecule has 0 radical (unpaired) electrons. The monoisotopic (exact) mass is 355 g/mol. The third-order valence-corrected chi connectivity index (χ3v) is 4.75. The van der Waals surface area contributed by atoms with Crippen molar-refractivity contribution < 1.29 is 0 Å². The predicted octanol–water partition coefficient (Wildman–Crippen LogP) is 4.93. The van der Waals surface area contributed by atoms with Gasteiger partial charge in [0.05, 0.1) is 0 Å². The Morgan fingerprint density at radius 3 is 2.50 bits per heavy atom. The van der Waals surface area contributed by atoms with Gasteiger partial charge in [-0.15, -0.1) is 0 Å². The highest BCUT2D eigenvalue weighted by atomic mass is 79.9. The van der Waals surface area contributed by atoms with Crippen LogP contribution in [0, 0.1) is 0 Å². The molecule has 0 aliphatic heterocycles. The van der Waals surface area contributed by atoms with Gasteiger partial charge in [-0.25, -0.2) is 0 Å². The van der Waals surface area contributed by atoms with Gasteiger partial charge >= 0.3 is 0 Å². The van der Waals surface area contributed by atoms with Crippen molar-refractivity contribution in [3.63, 3.8) is 0 Å². The number of rotatable bonds is 3. The quantitative estimate of drug-likeness (QED) is 0.754. The van der Waals surface area contributed by atoms with E-state index in [2.05, 4.69) is 83.5 Å². The lowest BCUT2D eigenvalue weighted by atomic mass is 9.93. The van der Waals surface area contributed by atoms with Gasteiger partial charge in [-0.1, -0.05) is 52.3 Å². The summed E-state index contributed by atoms with van der Waals surface area (Å²) >= 11 is 3.64. The van der Waals surface area contributed by atoms with Crippen LogP contribution in [0.4, 0.5) is 0 Å². The van der Waals surface area contributed by atoms with E-state index in [1.807, 2.05) is 0 Å². The molecular weight excluding hydrogens is 334 g/mol. The molecule has 114 valence electrons. The number of aryl methyl sites for hydroxylation is 2. The standard InChI is InChI=1S/C20H22BrN/c1-22(2)13-5-8-19-18-7-4-3-6-15(18)9-10-16-11-12-17(21)14-20(16)19/h3-4,6-8,11-12,14H,5,9-10,13H2,1-2H3/b19-8-. The van der Waals surface area contributed by atoms with Crippen LogP contribution in [-0.2, 0) is 12.8 Å². The van der Waals surface area contributed by atoms with E-state index in [4.69, 9.17) is 0 Å². The van der Waals surface area contributed by atoms with Crippen LogP contribution in [0.3, 0.4) is 0 Å². The van der Waals surface area contributed by atoms with Gasteiger partial charge in [-0.05, 0) is 73.3 Å². The van der Waals surface area contributed by atoms with Gasteiger partial charge in [0.15, 0.2) is 0 Å². The third-order valence-electron chi connectivity index (χ3n) is 4.26. The molecule has 0 saturated heterocycles. The van der Waals surface area contributed by atoms with E-state index in [9.17, 15) is 0 Å². The van der Waals surface area contributed by atoms with E-state index in [-0.39, 0.29) is 0 Å². The molecular formula is C20H22BrN. The molecule has 0 N–H and O–H groups in total. The normalized spacial score (nSPS) is 15.5. The first-order chi connectivity index (χ1) is 10.6. The summed E-state index contributed by atoms with van der Waals surface area (Å²) < 4.78 is 1.16. The molecule has 3 rings (SSSR count). The van der Waals surface area contributed by atoms with Crippen molar-refractivity contribution in [3.8, 4) is 0 Å². The topological polar surface area (TPSA) is 3.24 Å². The highest BCUT2D eigenvalue weighted by molar-refractivity contribution is 9.10. The van der Waals surface area contributed by atoms with Crippen LogP contribution < -0.4 is 0 Å². The van der Waals surface area contributed by atoms with Gasteiger partial charge in [-0.3, -0.25) is 0 Å². The van der Waals surface area contributed by atoms with Gasteiger partial charge in [0, 0.05) is 11.0 Å². The SMILES string of the molecule is CN(C)CC/C=C1/c2ccccc2CCc2ccc(Br)cc21. The maximum absolute atomic E-state index is 3.64. The average molecular weight is 356 g/mol. The van der Waals surface area contributed by atoms with Crippen LogP contribution in [0.2, 0.25) is 0 Å². The summed E-state index contributed by atoms with van der Waals surface area (Å²) in [6.07, 6.45) is 5.72. The van der Waals surface area contributed by atoms with Gasteiger partial charge in [0.25, 0.3) is 0 Å². The Morgan fingerprint density at radius 1 is 1.00 bits per heavy atom. The van der Waals surface area contributed by atoms with Crippen molar-refractivity contribution in [2.75, 3.05) is 20.6 Å². The first-order valence-corrected chi connectivity index (χ1v) is 8.66. The lowest BCUT2D eigenvalue weighted by Crippen LogP contribution is -2.12. The van der Waals surface area contributed by atoms with E-state index >= 15 is 0 Å². The van der Waals surface area contributed by atoms with Crippen molar-refractivity contribution in [3.05, 3.63) is 75.3 Å². The van der Waals surface area contributed by atoms with E-state index in [0.717, 1.165) is 30.3 Å². The molecule has 0 heterocycles. The zero-order chi connectivity index (χ0) is 15.5. The largest absolute Gasteiger partial charge is 0.309 e. The molecule has 1 aliphatic rings. The second kappa shape index (κ2) is 6.80. The molecule has 0 saturated carbocycles. The summed E-state index contributed by atoms with van der Waals surface area (Å²) in [5, 5.41) is 0. The summed E-state index contributed by atoms with van der Waals surface area (Å²) in [7, 11) is 4.26. The van der Waals surface area contributed by atoms with Crippen molar-refractivity contribution in [1.82, 2.24) is 4.90 Å². The van der Waals surface area contributed by atoms with E-state index in [1.165, 1.54) is 27.8 Å². The Hall–Kier alpha value is -1.38. The van der Waals surface area contributed by atoms with E-state index < -0.39 is 0 Å². The molecule has 0 spiro atoms. The van der Waals surface area contributed by atoms with E-state index in [1.54, 1.807) is 0 Å². The molecule has 0 atom stereocenters. The first-order valence-electron chi connectivity index (χ1n) is 7.87. The van der Waals surface area contributed by atoms with Crippen molar-refractivity contribution in [2.45, 2.75) is 19.3 Å². The average Bonchev–Trinajstić information content (AvgIpc) is 2.65. The Labute approximate surface area is 141 Å². The molecule has 2 aromatic carbocycles. The van der Waals surface area contributed by atoms with Crippen molar-refractivity contribution >= 4 is 21.5 Å². The molecule has 0 unspecified atom stereocenters. The van der Waals surface area contributed by atoms with Crippen LogP contribution >= 0.6 is 15.9 Å². The molecule has 1 nitrogen and oxygen atoms in total. The van der Waals surface area contributed by atoms with Crippen LogP contribution in [0.5, 0.6) is 0 Å². The van der Waals surface area contributed by atoms with Gasteiger partial charge < -0.3 is 4.90 Å². The second-order valence-electron chi connectivity index (χ2n) is 6.17. The summed E-state index contributed by atoms with van der Waals surface area (Å²) in [6.45, 7) is 1.08. The van der Waals surface area contributed by atoms with Crippen LogP contribution in [0.1, 0.15) is 28.7 Å². The minimum Gasteiger partial charge on any atom is -0.309 e. The summed E-state index contributed by atoms with van der Waals surface area (Å²) in [5.41, 5.74) is 7.10. The van der Waals surface area contributed by atoms with Crippen molar-refractivity contribution in [1.29, 1.82) is 0 Å². The van der Waals surface area contributed by atoms with Crippen LogP contribution in [0.25, 0.3) is 5.57 Å². The summed E-state index contributed by atoms with van der Waals surface area (Å²) in [6, 6.07) is 15.6. The summed E-state index contributed by atoms with van der Waals surface area (Å²) in [5.74, 6) is 0. The summed E-state index contributed by atoms with van der Waals surface area (Å²) in [4.78, 5) is 2.24. The fraction of sp³-hybridized carbons (Fsp3) is 0.300.